The minimum atomic E-state index is -0.00865. The molecule has 1 aromatic carbocycles. The first-order valence-corrected chi connectivity index (χ1v) is 4.99. The van der Waals surface area contributed by atoms with E-state index in [-0.39, 0.29) is 5.78 Å². The van der Waals surface area contributed by atoms with E-state index in [2.05, 4.69) is 9.97 Å². The van der Waals surface area contributed by atoms with Gasteiger partial charge in [-0.1, -0.05) is 18.2 Å². The fraction of sp³-hybridized carbons (Fsp3) is 0.0833. The van der Waals surface area contributed by atoms with Crippen LogP contribution >= 0.6 is 0 Å². The summed E-state index contributed by atoms with van der Waals surface area (Å²) in [5.74, 6) is 0.551. The molecule has 4 heteroatoms. The van der Waals surface area contributed by atoms with Gasteiger partial charge in [0.1, 0.15) is 5.69 Å². The lowest BCUT2D eigenvalue weighted by molar-refractivity contribution is 0.101. The topological polar surface area (TPSA) is 47.3 Å². The molecule has 0 bridgehead atoms. The zero-order chi connectivity index (χ0) is 11.1. The van der Waals surface area contributed by atoms with Crippen molar-refractivity contribution in [2.45, 2.75) is 6.92 Å². The normalized spacial score (nSPS) is 11.1. The van der Waals surface area contributed by atoms with Crippen LogP contribution < -0.4 is 0 Å². The molecule has 0 unspecified atom stereocenters. The zero-order valence-corrected chi connectivity index (χ0v) is 8.71. The Hall–Kier alpha value is -2.23. The predicted octanol–water partition coefficient (Wildman–Crippen LogP) is 2.09. The Morgan fingerprint density at radius 1 is 1.19 bits per heavy atom. The van der Waals surface area contributed by atoms with Crippen LogP contribution in [0.25, 0.3) is 16.7 Å². The van der Waals surface area contributed by atoms with Crippen LogP contribution in [0.4, 0.5) is 0 Å². The third-order valence-electron chi connectivity index (χ3n) is 2.60. The van der Waals surface area contributed by atoms with Gasteiger partial charge in [0, 0.05) is 18.5 Å². The first-order chi connectivity index (χ1) is 7.77. The highest BCUT2D eigenvalue weighted by molar-refractivity contribution is 5.95. The van der Waals surface area contributed by atoms with Crippen molar-refractivity contribution in [1.82, 2.24) is 14.4 Å². The fourth-order valence-corrected chi connectivity index (χ4v) is 1.85. The van der Waals surface area contributed by atoms with Gasteiger partial charge in [0.25, 0.3) is 0 Å². The fourth-order valence-electron chi connectivity index (χ4n) is 1.85. The number of fused-ring (bicyclic) bond motifs is 3. The summed E-state index contributed by atoms with van der Waals surface area (Å²) in [6.45, 7) is 1.53. The molecule has 2 heterocycles. The average molecular weight is 211 g/mol. The molecule has 78 valence electrons. The van der Waals surface area contributed by atoms with E-state index in [1.54, 1.807) is 16.8 Å². The van der Waals surface area contributed by atoms with Crippen LogP contribution in [-0.4, -0.2) is 20.2 Å². The summed E-state index contributed by atoms with van der Waals surface area (Å²) in [6.07, 6.45) is 3.33. The van der Waals surface area contributed by atoms with Crippen molar-refractivity contribution in [3.63, 3.8) is 0 Å². The van der Waals surface area contributed by atoms with Gasteiger partial charge < -0.3 is 0 Å². The number of nitrogens with zero attached hydrogens (tertiary/aromatic N) is 3. The highest BCUT2D eigenvalue weighted by Crippen LogP contribution is 2.16. The number of hydrogen-bond donors (Lipinski definition) is 0. The maximum Gasteiger partial charge on any atom is 0.234 e. The summed E-state index contributed by atoms with van der Waals surface area (Å²) < 4.78 is 1.79. The molecule has 0 fully saturated rings. The second-order valence-electron chi connectivity index (χ2n) is 3.65. The van der Waals surface area contributed by atoms with Gasteiger partial charge in [0.15, 0.2) is 5.78 Å². The molecule has 3 aromatic rings. The molecule has 2 aromatic heterocycles. The second-order valence-corrected chi connectivity index (χ2v) is 3.65. The van der Waals surface area contributed by atoms with Crippen molar-refractivity contribution in [2.75, 3.05) is 0 Å². The van der Waals surface area contributed by atoms with E-state index < -0.39 is 0 Å². The third-order valence-corrected chi connectivity index (χ3v) is 2.60. The van der Waals surface area contributed by atoms with E-state index in [1.165, 1.54) is 6.92 Å². The van der Waals surface area contributed by atoms with Crippen molar-refractivity contribution in [1.29, 1.82) is 0 Å². The van der Waals surface area contributed by atoms with Gasteiger partial charge in [-0.05, 0) is 6.07 Å². The van der Waals surface area contributed by atoms with Crippen LogP contribution in [0.1, 0.15) is 17.4 Å². The Kier molecular flexibility index (Phi) is 1.77. The minimum Gasteiger partial charge on any atom is -0.293 e. The number of para-hydroxylation sites is 1. The highest BCUT2D eigenvalue weighted by atomic mass is 16.1. The number of Topliss-reactive ketones (excluding diaryl/α,β-unsaturated/α-hetero) is 1. The molecular formula is C12H9N3O. The molecule has 16 heavy (non-hydrogen) atoms. The molecule has 0 spiro atoms. The van der Waals surface area contributed by atoms with Crippen molar-refractivity contribution in [2.24, 2.45) is 0 Å². The largest absolute Gasteiger partial charge is 0.293 e. The zero-order valence-electron chi connectivity index (χ0n) is 8.71. The highest BCUT2D eigenvalue weighted by Gasteiger charge is 2.10. The van der Waals surface area contributed by atoms with Crippen molar-refractivity contribution < 1.29 is 4.79 Å². The van der Waals surface area contributed by atoms with Gasteiger partial charge >= 0.3 is 0 Å². The lowest BCUT2D eigenvalue weighted by Crippen LogP contribution is -2.00. The molecule has 0 aliphatic rings. The molecule has 0 radical (unpaired) electrons. The smallest absolute Gasteiger partial charge is 0.234 e. The molecule has 0 N–H and O–H groups in total. The van der Waals surface area contributed by atoms with E-state index in [0.717, 1.165) is 10.9 Å². The van der Waals surface area contributed by atoms with E-state index in [0.29, 0.717) is 11.5 Å². The number of carbonyl (C=O) groups is 1. The molecule has 0 saturated heterocycles. The van der Waals surface area contributed by atoms with Crippen molar-refractivity contribution in [3.05, 3.63) is 42.4 Å². The lowest BCUT2D eigenvalue weighted by atomic mass is 10.2. The molecule has 0 atom stereocenters. The molecular weight excluding hydrogens is 202 g/mol. The quantitative estimate of drug-likeness (QED) is 0.579. The van der Waals surface area contributed by atoms with E-state index in [9.17, 15) is 4.79 Å². The predicted molar refractivity (Wildman–Crippen MR) is 60.5 cm³/mol. The summed E-state index contributed by atoms with van der Waals surface area (Å²) in [7, 11) is 0. The third kappa shape index (κ3) is 1.13. The van der Waals surface area contributed by atoms with Gasteiger partial charge in [-0.25, -0.2) is 9.97 Å². The summed E-state index contributed by atoms with van der Waals surface area (Å²) in [6, 6.07) is 7.80. The Morgan fingerprint density at radius 2 is 1.94 bits per heavy atom. The van der Waals surface area contributed by atoms with Gasteiger partial charge in [-0.3, -0.25) is 9.20 Å². The molecule has 0 saturated carbocycles. The molecule has 3 rings (SSSR count). The van der Waals surface area contributed by atoms with Crippen molar-refractivity contribution in [3.8, 4) is 0 Å². The molecule has 0 aliphatic heterocycles. The van der Waals surface area contributed by atoms with E-state index in [4.69, 9.17) is 0 Å². The molecule has 0 aliphatic carbocycles. The number of ketones is 1. The standard InChI is InChI=1S/C12H9N3O/c1-8(16)11-7-14-12-13-6-9-4-2-3-5-10(9)15(11)12/h2-7H,1H3. The SMILES string of the molecule is CC(=O)c1cnc2ncc3ccccc3n12. The maximum atomic E-state index is 11.5. The Bertz CT molecular complexity index is 700. The van der Waals surface area contributed by atoms with Gasteiger partial charge in [-0.2, -0.15) is 0 Å². The summed E-state index contributed by atoms with van der Waals surface area (Å²) in [5, 5.41) is 0.996. The first-order valence-electron chi connectivity index (χ1n) is 4.99. The number of hydrogen-bond acceptors (Lipinski definition) is 3. The second kappa shape index (κ2) is 3.13. The van der Waals surface area contributed by atoms with Crippen LogP contribution in [0.5, 0.6) is 0 Å². The number of benzene rings is 1. The summed E-state index contributed by atoms with van der Waals surface area (Å²) >= 11 is 0. The molecule has 4 nitrogen and oxygen atoms in total. The summed E-state index contributed by atoms with van der Waals surface area (Å²) in [4.78, 5) is 19.8. The maximum absolute atomic E-state index is 11.5. The van der Waals surface area contributed by atoms with Crippen LogP contribution in [0, 0.1) is 0 Å². The lowest BCUT2D eigenvalue weighted by Gasteiger charge is -2.02. The number of aromatic nitrogens is 3. The number of imidazole rings is 1. The van der Waals surface area contributed by atoms with Crippen LogP contribution in [-0.2, 0) is 0 Å². The van der Waals surface area contributed by atoms with Gasteiger partial charge in [0.2, 0.25) is 5.78 Å². The minimum absolute atomic E-state index is 0.00865. The summed E-state index contributed by atoms with van der Waals surface area (Å²) in [5.41, 5.74) is 1.52. The molecule has 0 amide bonds. The monoisotopic (exact) mass is 211 g/mol. The Balaban J connectivity index is 2.56. The van der Waals surface area contributed by atoms with Crippen LogP contribution in [0.2, 0.25) is 0 Å². The Morgan fingerprint density at radius 3 is 2.75 bits per heavy atom. The van der Waals surface area contributed by atoms with Gasteiger partial charge in [-0.15, -0.1) is 0 Å². The van der Waals surface area contributed by atoms with Crippen molar-refractivity contribution >= 4 is 22.5 Å². The van der Waals surface area contributed by atoms with Crippen LogP contribution in [0.3, 0.4) is 0 Å². The number of carbonyl (C=O) groups excluding carboxylic acids is 1. The van der Waals surface area contributed by atoms with E-state index in [1.807, 2.05) is 24.3 Å². The number of rotatable bonds is 1. The van der Waals surface area contributed by atoms with E-state index >= 15 is 0 Å². The van der Waals surface area contributed by atoms with Crippen LogP contribution in [0.15, 0.2) is 36.7 Å². The first kappa shape index (κ1) is 9.03. The Labute approximate surface area is 91.6 Å². The van der Waals surface area contributed by atoms with Gasteiger partial charge in [0.05, 0.1) is 11.7 Å². The average Bonchev–Trinajstić information content (AvgIpc) is 2.73.